The molecule has 0 spiro atoms. The zero-order chi connectivity index (χ0) is 19.3. The molecular formula is C24H25FN2O. The first-order chi connectivity index (χ1) is 13.7. The maximum absolute atomic E-state index is 13.3. The number of aryl methyl sites for hydroxylation is 2. The van der Waals surface area contributed by atoms with Gasteiger partial charge >= 0.3 is 0 Å². The lowest BCUT2D eigenvalue weighted by Crippen LogP contribution is -2.31. The second-order valence-electron chi connectivity index (χ2n) is 7.58. The van der Waals surface area contributed by atoms with E-state index in [1.807, 2.05) is 12.3 Å². The lowest BCUT2D eigenvalue weighted by Gasteiger charge is -2.31. The SMILES string of the molecule is O=C(CCc1cccc(F)c1)Cc1ccc2c(c1)N(CC1=CCC=N1)CCC2. The van der Waals surface area contributed by atoms with Crippen LogP contribution in [-0.4, -0.2) is 25.1 Å². The first kappa shape index (κ1) is 18.6. The Hall–Kier alpha value is -2.75. The first-order valence-corrected chi connectivity index (χ1v) is 10.0. The molecule has 0 saturated heterocycles. The molecule has 28 heavy (non-hydrogen) atoms. The molecule has 4 rings (SSSR count). The Balaban J connectivity index is 1.41. The third-order valence-electron chi connectivity index (χ3n) is 5.42. The molecule has 0 bridgehead atoms. The molecular weight excluding hydrogens is 351 g/mol. The number of allylic oxidation sites excluding steroid dienone is 1. The second kappa shape index (κ2) is 8.51. The second-order valence-corrected chi connectivity index (χ2v) is 7.58. The molecule has 0 radical (unpaired) electrons. The van der Waals surface area contributed by atoms with E-state index in [1.165, 1.54) is 23.4 Å². The molecule has 0 unspecified atom stereocenters. The molecule has 0 amide bonds. The number of hydrogen-bond acceptors (Lipinski definition) is 3. The molecule has 2 aliphatic rings. The molecule has 144 valence electrons. The van der Waals surface area contributed by atoms with Gasteiger partial charge < -0.3 is 4.90 Å². The van der Waals surface area contributed by atoms with Gasteiger partial charge in [-0.15, -0.1) is 0 Å². The molecule has 2 aromatic carbocycles. The molecule has 3 nitrogen and oxygen atoms in total. The van der Waals surface area contributed by atoms with E-state index in [0.717, 1.165) is 49.2 Å². The van der Waals surface area contributed by atoms with E-state index in [4.69, 9.17) is 0 Å². The lowest BCUT2D eigenvalue weighted by molar-refractivity contribution is -0.118. The Morgan fingerprint density at radius 2 is 2.07 bits per heavy atom. The summed E-state index contributed by atoms with van der Waals surface area (Å²) in [5.74, 6) is -0.0592. The number of fused-ring (bicyclic) bond motifs is 1. The Morgan fingerprint density at radius 1 is 1.14 bits per heavy atom. The number of anilines is 1. The Kier molecular flexibility index (Phi) is 5.65. The Labute approximate surface area is 165 Å². The summed E-state index contributed by atoms with van der Waals surface area (Å²) in [5.41, 5.74) is 5.65. The highest BCUT2D eigenvalue weighted by molar-refractivity contribution is 5.81. The Morgan fingerprint density at radius 3 is 2.89 bits per heavy atom. The van der Waals surface area contributed by atoms with Gasteiger partial charge in [-0.2, -0.15) is 0 Å². The average molecular weight is 376 g/mol. The van der Waals surface area contributed by atoms with Gasteiger partial charge in [0, 0.05) is 37.7 Å². The zero-order valence-corrected chi connectivity index (χ0v) is 16.0. The van der Waals surface area contributed by atoms with E-state index in [1.54, 1.807) is 6.07 Å². The summed E-state index contributed by atoms with van der Waals surface area (Å²) in [5, 5.41) is 0. The number of hydrogen-bond donors (Lipinski definition) is 0. The van der Waals surface area contributed by atoms with Crippen molar-refractivity contribution in [3.63, 3.8) is 0 Å². The third-order valence-corrected chi connectivity index (χ3v) is 5.42. The van der Waals surface area contributed by atoms with E-state index in [9.17, 15) is 9.18 Å². The predicted octanol–water partition coefficient (Wildman–Crippen LogP) is 4.68. The topological polar surface area (TPSA) is 32.7 Å². The highest BCUT2D eigenvalue weighted by Crippen LogP contribution is 2.29. The molecule has 0 atom stereocenters. The summed E-state index contributed by atoms with van der Waals surface area (Å²) in [4.78, 5) is 19.3. The quantitative estimate of drug-likeness (QED) is 0.703. The average Bonchev–Trinajstić information content (AvgIpc) is 3.20. The van der Waals surface area contributed by atoms with Crippen molar-refractivity contribution in [2.24, 2.45) is 4.99 Å². The highest BCUT2D eigenvalue weighted by atomic mass is 19.1. The van der Waals surface area contributed by atoms with Gasteiger partial charge in [-0.1, -0.05) is 30.3 Å². The highest BCUT2D eigenvalue weighted by Gasteiger charge is 2.19. The van der Waals surface area contributed by atoms with E-state index in [0.29, 0.717) is 19.3 Å². The van der Waals surface area contributed by atoms with Crippen LogP contribution in [0.2, 0.25) is 0 Å². The number of benzene rings is 2. The van der Waals surface area contributed by atoms with Crippen LogP contribution in [0.25, 0.3) is 0 Å². The van der Waals surface area contributed by atoms with E-state index < -0.39 is 0 Å². The molecule has 2 heterocycles. The number of halogens is 1. The van der Waals surface area contributed by atoms with E-state index >= 15 is 0 Å². The van der Waals surface area contributed by atoms with Crippen LogP contribution in [0, 0.1) is 5.82 Å². The Bertz CT molecular complexity index is 932. The predicted molar refractivity (Wildman–Crippen MR) is 112 cm³/mol. The molecule has 0 saturated carbocycles. The van der Waals surface area contributed by atoms with E-state index in [2.05, 4.69) is 34.2 Å². The number of carbonyl (C=O) groups is 1. The van der Waals surface area contributed by atoms with Crippen molar-refractivity contribution in [3.8, 4) is 0 Å². The number of ketones is 1. The van der Waals surface area contributed by atoms with Gasteiger partial charge in [-0.3, -0.25) is 9.79 Å². The summed E-state index contributed by atoms with van der Waals surface area (Å²) >= 11 is 0. The summed E-state index contributed by atoms with van der Waals surface area (Å²) in [6, 6.07) is 12.9. The number of Topliss-reactive ketones (excluding diaryl/α,β-unsaturated/α-hetero) is 1. The van der Waals surface area contributed by atoms with Crippen molar-refractivity contribution in [3.05, 3.63) is 76.7 Å². The number of nitrogens with zero attached hydrogens (tertiary/aromatic N) is 2. The van der Waals surface area contributed by atoms with Crippen LogP contribution >= 0.6 is 0 Å². The van der Waals surface area contributed by atoms with Gasteiger partial charge in [0.1, 0.15) is 11.6 Å². The van der Waals surface area contributed by atoms with Crippen molar-refractivity contribution in [1.82, 2.24) is 0 Å². The molecule has 0 aromatic heterocycles. The van der Waals surface area contributed by atoms with Gasteiger partial charge in [0.15, 0.2) is 0 Å². The smallest absolute Gasteiger partial charge is 0.137 e. The number of aliphatic imine (C=N–C) groups is 1. The van der Waals surface area contributed by atoms with Crippen molar-refractivity contribution in [2.75, 3.05) is 18.0 Å². The molecule has 0 N–H and O–H groups in total. The van der Waals surface area contributed by atoms with Crippen molar-refractivity contribution in [1.29, 1.82) is 0 Å². The standard InChI is InChI=1S/C24H25FN2O/c25-21-6-1-4-18(14-21)9-11-23(28)15-19-8-10-20-5-3-13-27(24(20)16-19)17-22-7-2-12-26-22/h1,4,6-8,10,12,14,16H,2-3,5,9,11,13,15,17H2. The summed E-state index contributed by atoms with van der Waals surface area (Å²) < 4.78 is 13.3. The summed E-state index contributed by atoms with van der Waals surface area (Å²) in [7, 11) is 0. The fourth-order valence-corrected chi connectivity index (χ4v) is 3.97. The van der Waals surface area contributed by atoms with Crippen molar-refractivity contribution < 1.29 is 9.18 Å². The normalized spacial score (nSPS) is 15.5. The lowest BCUT2D eigenvalue weighted by atomic mass is 9.96. The molecule has 2 aromatic rings. The molecule has 2 aliphatic heterocycles. The van der Waals surface area contributed by atoms with Crippen LogP contribution < -0.4 is 4.90 Å². The van der Waals surface area contributed by atoms with Crippen LogP contribution in [0.5, 0.6) is 0 Å². The minimum Gasteiger partial charge on any atom is -0.365 e. The first-order valence-electron chi connectivity index (χ1n) is 10.0. The minimum absolute atomic E-state index is 0.190. The van der Waals surface area contributed by atoms with Gasteiger partial charge in [-0.25, -0.2) is 4.39 Å². The monoisotopic (exact) mass is 376 g/mol. The van der Waals surface area contributed by atoms with Crippen molar-refractivity contribution in [2.45, 2.75) is 38.5 Å². The fourth-order valence-electron chi connectivity index (χ4n) is 3.97. The fraction of sp³-hybridized carbons (Fsp3) is 0.333. The molecule has 0 aliphatic carbocycles. The van der Waals surface area contributed by atoms with E-state index in [-0.39, 0.29) is 11.6 Å². The third kappa shape index (κ3) is 4.56. The molecule has 4 heteroatoms. The van der Waals surface area contributed by atoms with Crippen LogP contribution in [0.15, 0.2) is 59.2 Å². The maximum atomic E-state index is 13.3. The zero-order valence-electron chi connectivity index (χ0n) is 16.0. The van der Waals surface area contributed by atoms with Crippen molar-refractivity contribution >= 4 is 17.7 Å². The van der Waals surface area contributed by atoms with Gasteiger partial charge in [0.25, 0.3) is 0 Å². The van der Waals surface area contributed by atoms with Gasteiger partial charge in [0.2, 0.25) is 0 Å². The largest absolute Gasteiger partial charge is 0.365 e. The van der Waals surface area contributed by atoms with Crippen LogP contribution in [0.3, 0.4) is 0 Å². The van der Waals surface area contributed by atoms with Crippen LogP contribution in [0.1, 0.15) is 36.0 Å². The molecule has 0 fully saturated rings. The minimum atomic E-state index is -0.249. The summed E-state index contributed by atoms with van der Waals surface area (Å²) in [6.45, 7) is 1.86. The van der Waals surface area contributed by atoms with Crippen LogP contribution in [-0.2, 0) is 24.1 Å². The maximum Gasteiger partial charge on any atom is 0.137 e. The number of carbonyl (C=O) groups excluding carboxylic acids is 1. The van der Waals surface area contributed by atoms with Crippen LogP contribution in [0.4, 0.5) is 10.1 Å². The van der Waals surface area contributed by atoms with Gasteiger partial charge in [0.05, 0.1) is 12.2 Å². The number of rotatable bonds is 7. The van der Waals surface area contributed by atoms with Gasteiger partial charge in [-0.05, 0) is 54.2 Å². The summed E-state index contributed by atoms with van der Waals surface area (Å²) in [6.07, 6.45) is 8.73.